The lowest BCUT2D eigenvalue weighted by atomic mass is 9.79. The summed E-state index contributed by atoms with van der Waals surface area (Å²) in [6.07, 6.45) is 7.18. The highest BCUT2D eigenvalue weighted by molar-refractivity contribution is 5.54. The number of hydrogen-bond acceptors (Lipinski definition) is 2. The fraction of sp³-hybridized carbons (Fsp3) is 0.600. The van der Waals surface area contributed by atoms with Gasteiger partial charge in [0.15, 0.2) is 0 Å². The smallest absolute Gasteiger partial charge is 0.0784 e. The number of aliphatic hydroxyl groups is 1. The first-order chi connectivity index (χ1) is 8.34. The van der Waals surface area contributed by atoms with E-state index in [1.807, 2.05) is 6.07 Å². The molecule has 2 aliphatic rings. The lowest BCUT2D eigenvalue weighted by Crippen LogP contribution is -2.45. The van der Waals surface area contributed by atoms with E-state index in [0.29, 0.717) is 5.92 Å². The Labute approximate surface area is 103 Å². The number of rotatable bonds is 1. The Morgan fingerprint density at radius 1 is 1.06 bits per heavy atom. The van der Waals surface area contributed by atoms with Crippen molar-refractivity contribution >= 4 is 5.69 Å². The van der Waals surface area contributed by atoms with Crippen molar-refractivity contribution in [2.75, 3.05) is 5.32 Å². The number of aliphatic hydroxyl groups excluding tert-OH is 1. The van der Waals surface area contributed by atoms with E-state index in [4.69, 9.17) is 0 Å². The number of para-hydroxylation sites is 1. The summed E-state index contributed by atoms with van der Waals surface area (Å²) >= 11 is 0. The lowest BCUT2D eigenvalue weighted by molar-refractivity contribution is 0.109. The first-order valence-corrected chi connectivity index (χ1v) is 6.87. The van der Waals surface area contributed by atoms with E-state index in [2.05, 4.69) is 23.5 Å². The number of nitrogens with one attached hydrogen (secondary N) is 1. The summed E-state index contributed by atoms with van der Waals surface area (Å²) < 4.78 is 0. The summed E-state index contributed by atoms with van der Waals surface area (Å²) in [6, 6.07) is 8.64. The predicted octanol–water partition coefficient (Wildman–Crippen LogP) is 2.96. The Kier molecular flexibility index (Phi) is 3.06. The molecule has 3 rings (SSSR count). The van der Waals surface area contributed by atoms with Crippen LogP contribution in [-0.2, 0) is 6.42 Å². The van der Waals surface area contributed by atoms with Crippen LogP contribution in [0, 0.1) is 5.92 Å². The predicted molar refractivity (Wildman–Crippen MR) is 70.1 cm³/mol. The van der Waals surface area contributed by atoms with Gasteiger partial charge in [0, 0.05) is 12.1 Å². The lowest BCUT2D eigenvalue weighted by Gasteiger charge is -2.38. The number of hydrogen-bond donors (Lipinski definition) is 2. The van der Waals surface area contributed by atoms with Crippen LogP contribution in [0.2, 0.25) is 0 Å². The van der Waals surface area contributed by atoms with Crippen molar-refractivity contribution in [3.63, 3.8) is 0 Å². The quantitative estimate of drug-likeness (QED) is 0.779. The van der Waals surface area contributed by atoms with Crippen molar-refractivity contribution in [3.05, 3.63) is 29.8 Å². The van der Waals surface area contributed by atoms with Crippen LogP contribution in [0.25, 0.3) is 0 Å². The molecule has 1 aliphatic carbocycles. The van der Waals surface area contributed by atoms with Gasteiger partial charge in [0.1, 0.15) is 0 Å². The zero-order valence-corrected chi connectivity index (χ0v) is 10.2. The third-order valence-corrected chi connectivity index (χ3v) is 4.34. The summed E-state index contributed by atoms with van der Waals surface area (Å²) in [5, 5.41) is 13.9. The standard InChI is InChI=1S/C15H21NO/c17-14-10-12-8-4-5-9-13(12)16-15(14)11-6-2-1-3-7-11/h4-5,8-9,11,14-17H,1-3,6-7,10H2. The van der Waals surface area contributed by atoms with Gasteiger partial charge < -0.3 is 10.4 Å². The number of anilines is 1. The van der Waals surface area contributed by atoms with E-state index < -0.39 is 0 Å². The van der Waals surface area contributed by atoms with E-state index in [-0.39, 0.29) is 12.1 Å². The summed E-state index contributed by atoms with van der Waals surface area (Å²) in [5.74, 6) is 0.659. The van der Waals surface area contributed by atoms with E-state index >= 15 is 0 Å². The van der Waals surface area contributed by atoms with E-state index in [1.54, 1.807) is 0 Å². The second-order valence-corrected chi connectivity index (χ2v) is 5.50. The number of fused-ring (bicyclic) bond motifs is 1. The maximum Gasteiger partial charge on any atom is 0.0784 e. The Bertz CT molecular complexity index is 384. The first kappa shape index (κ1) is 11.1. The van der Waals surface area contributed by atoms with Gasteiger partial charge in [-0.05, 0) is 30.4 Å². The molecule has 1 saturated carbocycles. The average Bonchev–Trinajstić information content (AvgIpc) is 2.39. The summed E-state index contributed by atoms with van der Waals surface area (Å²) in [6.45, 7) is 0. The zero-order chi connectivity index (χ0) is 11.7. The fourth-order valence-electron chi connectivity index (χ4n) is 3.39. The van der Waals surface area contributed by atoms with Crippen molar-refractivity contribution in [2.45, 2.75) is 50.7 Å². The van der Waals surface area contributed by atoms with E-state index in [9.17, 15) is 5.11 Å². The molecule has 17 heavy (non-hydrogen) atoms. The molecule has 2 unspecified atom stereocenters. The van der Waals surface area contributed by atoms with Gasteiger partial charge in [-0.25, -0.2) is 0 Å². The van der Waals surface area contributed by atoms with Crippen LogP contribution < -0.4 is 5.32 Å². The van der Waals surface area contributed by atoms with Gasteiger partial charge in [0.05, 0.1) is 12.1 Å². The molecule has 0 aromatic heterocycles. The molecule has 0 spiro atoms. The van der Waals surface area contributed by atoms with Crippen molar-refractivity contribution < 1.29 is 5.11 Å². The largest absolute Gasteiger partial charge is 0.391 e. The highest BCUT2D eigenvalue weighted by atomic mass is 16.3. The molecule has 1 aliphatic heterocycles. The van der Waals surface area contributed by atoms with E-state index in [1.165, 1.54) is 43.4 Å². The van der Waals surface area contributed by atoms with Crippen LogP contribution in [-0.4, -0.2) is 17.3 Å². The minimum absolute atomic E-state index is 0.215. The van der Waals surface area contributed by atoms with Crippen molar-refractivity contribution in [1.29, 1.82) is 0 Å². The van der Waals surface area contributed by atoms with Gasteiger partial charge in [0.25, 0.3) is 0 Å². The monoisotopic (exact) mass is 231 g/mol. The highest BCUT2D eigenvalue weighted by Gasteiger charge is 2.33. The summed E-state index contributed by atoms with van der Waals surface area (Å²) in [7, 11) is 0. The van der Waals surface area contributed by atoms with Gasteiger partial charge in [-0.3, -0.25) is 0 Å². The second kappa shape index (κ2) is 4.69. The summed E-state index contributed by atoms with van der Waals surface area (Å²) in [5.41, 5.74) is 2.49. The van der Waals surface area contributed by atoms with Gasteiger partial charge in [0.2, 0.25) is 0 Å². The molecule has 1 aromatic rings. The third kappa shape index (κ3) is 2.19. The Hall–Kier alpha value is -1.02. The SMILES string of the molecule is OC1Cc2ccccc2NC1C1CCCCC1. The van der Waals surface area contributed by atoms with Gasteiger partial charge >= 0.3 is 0 Å². The van der Waals surface area contributed by atoms with Gasteiger partial charge in [-0.15, -0.1) is 0 Å². The molecule has 0 amide bonds. The fourth-order valence-corrected chi connectivity index (χ4v) is 3.39. The van der Waals surface area contributed by atoms with Crippen molar-refractivity contribution in [1.82, 2.24) is 0 Å². The number of benzene rings is 1. The molecule has 2 atom stereocenters. The third-order valence-electron chi connectivity index (χ3n) is 4.34. The molecule has 0 bridgehead atoms. The van der Waals surface area contributed by atoms with Crippen LogP contribution in [0.4, 0.5) is 5.69 Å². The molecule has 2 nitrogen and oxygen atoms in total. The normalized spacial score (nSPS) is 29.5. The van der Waals surface area contributed by atoms with Crippen LogP contribution >= 0.6 is 0 Å². The molecule has 92 valence electrons. The Balaban J connectivity index is 1.79. The molecule has 1 fully saturated rings. The molecule has 2 N–H and O–H groups in total. The maximum absolute atomic E-state index is 10.3. The van der Waals surface area contributed by atoms with Crippen LogP contribution in [0.5, 0.6) is 0 Å². The van der Waals surface area contributed by atoms with Gasteiger partial charge in [-0.1, -0.05) is 37.5 Å². The minimum atomic E-state index is -0.215. The van der Waals surface area contributed by atoms with Crippen LogP contribution in [0.3, 0.4) is 0 Å². The van der Waals surface area contributed by atoms with Crippen LogP contribution in [0.15, 0.2) is 24.3 Å². The molecular formula is C15H21NO. The molecule has 0 saturated heterocycles. The maximum atomic E-state index is 10.3. The van der Waals surface area contributed by atoms with Crippen molar-refractivity contribution in [2.24, 2.45) is 5.92 Å². The topological polar surface area (TPSA) is 32.3 Å². The highest BCUT2D eigenvalue weighted by Crippen LogP contribution is 2.34. The molecule has 1 heterocycles. The van der Waals surface area contributed by atoms with E-state index in [0.717, 1.165) is 6.42 Å². The molecular weight excluding hydrogens is 210 g/mol. The van der Waals surface area contributed by atoms with Crippen molar-refractivity contribution in [3.8, 4) is 0 Å². The molecule has 2 heteroatoms. The average molecular weight is 231 g/mol. The zero-order valence-electron chi connectivity index (χ0n) is 10.2. The van der Waals surface area contributed by atoms with Crippen LogP contribution in [0.1, 0.15) is 37.7 Å². The first-order valence-electron chi connectivity index (χ1n) is 6.87. The Morgan fingerprint density at radius 2 is 1.82 bits per heavy atom. The summed E-state index contributed by atoms with van der Waals surface area (Å²) in [4.78, 5) is 0. The second-order valence-electron chi connectivity index (χ2n) is 5.50. The van der Waals surface area contributed by atoms with Gasteiger partial charge in [-0.2, -0.15) is 0 Å². The molecule has 1 aromatic carbocycles. The minimum Gasteiger partial charge on any atom is -0.391 e. The Morgan fingerprint density at radius 3 is 2.65 bits per heavy atom. The molecule has 0 radical (unpaired) electrons.